The van der Waals surface area contributed by atoms with Gasteiger partial charge in [-0.15, -0.1) is 0 Å². The number of ether oxygens (including phenoxy) is 1. The Bertz CT molecular complexity index is 951. The summed E-state index contributed by atoms with van der Waals surface area (Å²) in [7, 11) is 0. The van der Waals surface area contributed by atoms with E-state index in [1.165, 1.54) is 0 Å². The molecule has 0 aliphatic carbocycles. The van der Waals surface area contributed by atoms with Gasteiger partial charge in [-0.3, -0.25) is 4.98 Å². The van der Waals surface area contributed by atoms with Crippen molar-refractivity contribution in [2.24, 2.45) is 0 Å². The maximum absolute atomic E-state index is 5.65. The Labute approximate surface area is 151 Å². The van der Waals surface area contributed by atoms with Crippen molar-refractivity contribution in [3.8, 4) is 17.2 Å². The molecule has 0 atom stereocenters. The third-order valence-electron chi connectivity index (χ3n) is 3.87. The standard InChI is InChI=1S/C21H16N3O2/c1-2-11-23-21(5-1)25-15-17-8-6-16(7-9-17)12-19-13-20(26-24-19)18-4-3-10-22-14-18/h1-11,13H,12,15H2. The van der Waals surface area contributed by atoms with Crippen LogP contribution in [0.3, 0.4) is 0 Å². The smallest absolute Gasteiger partial charge is 0.213 e. The fourth-order valence-corrected chi connectivity index (χ4v) is 2.54. The maximum atomic E-state index is 5.65. The van der Waals surface area contributed by atoms with Crippen molar-refractivity contribution in [1.82, 2.24) is 15.1 Å². The number of aromatic nitrogens is 3. The molecule has 0 spiro atoms. The van der Waals surface area contributed by atoms with Crippen LogP contribution in [0.5, 0.6) is 5.88 Å². The summed E-state index contributed by atoms with van der Waals surface area (Å²) in [5, 5.41) is 4.13. The van der Waals surface area contributed by atoms with Gasteiger partial charge in [0.2, 0.25) is 5.88 Å². The lowest BCUT2D eigenvalue weighted by Gasteiger charge is -2.05. The van der Waals surface area contributed by atoms with Gasteiger partial charge in [0.25, 0.3) is 0 Å². The van der Waals surface area contributed by atoms with Crippen molar-refractivity contribution in [1.29, 1.82) is 0 Å². The number of pyridine rings is 2. The fraction of sp³-hybridized carbons (Fsp3) is 0.0952. The Balaban J connectivity index is 1.38. The molecule has 0 bridgehead atoms. The Kier molecular flexibility index (Phi) is 4.69. The molecule has 0 saturated carbocycles. The van der Waals surface area contributed by atoms with Gasteiger partial charge in [-0.25, -0.2) is 4.98 Å². The largest absolute Gasteiger partial charge is 0.473 e. The lowest BCUT2D eigenvalue weighted by molar-refractivity contribution is 0.294. The first kappa shape index (κ1) is 16.0. The van der Waals surface area contributed by atoms with Crippen LogP contribution in [0.2, 0.25) is 0 Å². The van der Waals surface area contributed by atoms with Gasteiger partial charge in [-0.05, 0) is 29.3 Å². The number of nitrogens with zero attached hydrogens (tertiary/aromatic N) is 3. The van der Waals surface area contributed by atoms with Gasteiger partial charge in [0.15, 0.2) is 5.76 Å². The predicted octanol–water partition coefficient (Wildman–Crippen LogP) is 4.10. The van der Waals surface area contributed by atoms with Crippen molar-refractivity contribution in [2.45, 2.75) is 13.0 Å². The summed E-state index contributed by atoms with van der Waals surface area (Å²) in [6.07, 6.45) is 6.99. The second-order valence-electron chi connectivity index (χ2n) is 5.80. The second kappa shape index (κ2) is 7.61. The molecule has 0 aliphatic heterocycles. The van der Waals surface area contributed by atoms with Gasteiger partial charge < -0.3 is 9.26 Å². The van der Waals surface area contributed by atoms with Gasteiger partial charge in [-0.1, -0.05) is 35.5 Å². The molecule has 0 fully saturated rings. The van der Waals surface area contributed by atoms with E-state index >= 15 is 0 Å². The molecule has 4 aromatic rings. The topological polar surface area (TPSA) is 61.0 Å². The van der Waals surface area contributed by atoms with Crippen LogP contribution in [0.4, 0.5) is 0 Å². The van der Waals surface area contributed by atoms with E-state index in [0.29, 0.717) is 24.7 Å². The minimum absolute atomic E-state index is 0.488. The Hall–Kier alpha value is -3.47. The molecule has 4 rings (SSSR count). The van der Waals surface area contributed by atoms with Gasteiger partial charge in [0.1, 0.15) is 12.8 Å². The molecule has 26 heavy (non-hydrogen) atoms. The minimum Gasteiger partial charge on any atom is -0.473 e. The van der Waals surface area contributed by atoms with Gasteiger partial charge >= 0.3 is 0 Å². The fourth-order valence-electron chi connectivity index (χ4n) is 2.54. The van der Waals surface area contributed by atoms with Crippen molar-refractivity contribution in [3.63, 3.8) is 0 Å². The molecule has 1 radical (unpaired) electrons. The van der Waals surface area contributed by atoms with E-state index in [0.717, 1.165) is 22.4 Å². The quantitative estimate of drug-likeness (QED) is 0.528. The third-order valence-corrected chi connectivity index (χ3v) is 3.87. The monoisotopic (exact) mass is 342 g/mol. The Morgan fingerprint density at radius 3 is 2.58 bits per heavy atom. The normalized spacial score (nSPS) is 10.6. The minimum atomic E-state index is 0.488. The lowest BCUT2D eigenvalue weighted by atomic mass is 10.1. The average Bonchev–Trinajstić information content (AvgIpc) is 3.17. The third kappa shape index (κ3) is 3.95. The van der Waals surface area contributed by atoms with Crippen LogP contribution in [0.25, 0.3) is 11.3 Å². The molecule has 127 valence electrons. The summed E-state index contributed by atoms with van der Waals surface area (Å²) in [4.78, 5) is 8.12. The molecule has 0 N–H and O–H groups in total. The summed E-state index contributed by atoms with van der Waals surface area (Å²) >= 11 is 0. The van der Waals surface area contributed by atoms with E-state index in [-0.39, 0.29) is 0 Å². The second-order valence-corrected chi connectivity index (χ2v) is 5.80. The van der Waals surface area contributed by atoms with Gasteiger partial charge in [0.05, 0.1) is 5.69 Å². The molecule has 0 unspecified atom stereocenters. The first-order chi connectivity index (χ1) is 12.9. The van der Waals surface area contributed by atoms with Crippen LogP contribution >= 0.6 is 0 Å². The van der Waals surface area contributed by atoms with E-state index in [9.17, 15) is 0 Å². The van der Waals surface area contributed by atoms with E-state index in [1.54, 1.807) is 12.4 Å². The average molecular weight is 342 g/mol. The summed E-state index contributed by atoms with van der Waals surface area (Å²) in [5.74, 6) is 1.30. The summed E-state index contributed by atoms with van der Waals surface area (Å²) < 4.78 is 11.0. The highest BCUT2D eigenvalue weighted by Crippen LogP contribution is 2.20. The zero-order valence-corrected chi connectivity index (χ0v) is 14.0. The van der Waals surface area contributed by atoms with E-state index in [2.05, 4.69) is 33.5 Å². The first-order valence-electron chi connectivity index (χ1n) is 8.27. The van der Waals surface area contributed by atoms with Crippen LogP contribution in [-0.2, 0) is 13.0 Å². The molecule has 5 heteroatoms. The van der Waals surface area contributed by atoms with Gasteiger partial charge in [0, 0.05) is 36.5 Å². The molecular formula is C21H16N3O2. The van der Waals surface area contributed by atoms with Crippen LogP contribution in [0, 0.1) is 6.20 Å². The molecule has 3 heterocycles. The molecule has 3 aromatic heterocycles. The molecule has 0 amide bonds. The van der Waals surface area contributed by atoms with Gasteiger partial charge in [-0.2, -0.15) is 0 Å². The maximum Gasteiger partial charge on any atom is 0.213 e. The highest BCUT2D eigenvalue weighted by molar-refractivity contribution is 5.55. The number of hydrogen-bond donors (Lipinski definition) is 0. The van der Waals surface area contributed by atoms with Crippen molar-refractivity contribution in [3.05, 3.63) is 96.1 Å². The number of benzene rings is 1. The van der Waals surface area contributed by atoms with Crippen molar-refractivity contribution < 1.29 is 9.26 Å². The van der Waals surface area contributed by atoms with Crippen LogP contribution in [0.1, 0.15) is 16.8 Å². The van der Waals surface area contributed by atoms with Crippen LogP contribution in [0.15, 0.2) is 77.6 Å². The lowest BCUT2D eigenvalue weighted by Crippen LogP contribution is -1.97. The predicted molar refractivity (Wildman–Crippen MR) is 96.4 cm³/mol. The SMILES string of the molecule is [c]1ncccc1-c1cc(Cc2ccc(COc3ccccn3)cc2)no1. The number of hydrogen-bond acceptors (Lipinski definition) is 5. The molecule has 5 nitrogen and oxygen atoms in total. The zero-order valence-electron chi connectivity index (χ0n) is 14.0. The Morgan fingerprint density at radius 1 is 0.923 bits per heavy atom. The summed E-state index contributed by atoms with van der Waals surface area (Å²) in [6, 6.07) is 19.5. The van der Waals surface area contributed by atoms with Crippen molar-refractivity contribution >= 4 is 0 Å². The molecule has 0 aliphatic rings. The van der Waals surface area contributed by atoms with Crippen molar-refractivity contribution in [2.75, 3.05) is 0 Å². The highest BCUT2D eigenvalue weighted by Gasteiger charge is 2.08. The van der Waals surface area contributed by atoms with Crippen LogP contribution in [-0.4, -0.2) is 15.1 Å². The molecular weight excluding hydrogens is 326 g/mol. The summed E-state index contributed by atoms with van der Waals surface area (Å²) in [5.41, 5.74) is 3.91. The first-order valence-corrected chi connectivity index (χ1v) is 8.27. The highest BCUT2D eigenvalue weighted by atomic mass is 16.5. The summed E-state index contributed by atoms with van der Waals surface area (Å²) in [6.45, 7) is 0.488. The molecule has 0 saturated heterocycles. The van der Waals surface area contributed by atoms with E-state index in [4.69, 9.17) is 9.26 Å². The van der Waals surface area contributed by atoms with E-state index in [1.807, 2.05) is 48.5 Å². The number of rotatable bonds is 6. The molecule has 1 aromatic carbocycles. The Morgan fingerprint density at radius 2 is 1.81 bits per heavy atom. The van der Waals surface area contributed by atoms with Crippen LogP contribution < -0.4 is 4.74 Å². The van der Waals surface area contributed by atoms with E-state index < -0.39 is 0 Å². The zero-order chi connectivity index (χ0) is 17.6.